The Morgan fingerprint density at radius 2 is 2.25 bits per heavy atom. The number of anilines is 2. The molecule has 1 aromatic rings. The van der Waals surface area contributed by atoms with Gasteiger partial charge >= 0.3 is 5.97 Å². The molecule has 1 atom stereocenters. The molecule has 0 radical (unpaired) electrons. The molecule has 6 nitrogen and oxygen atoms in total. The summed E-state index contributed by atoms with van der Waals surface area (Å²) in [6.07, 6.45) is 4.03. The monoisotopic (exact) mass is 278 g/mol. The standard InChI is InChI=1S/C14H22N4O2/c1-10(18-5-3-4-6-18)8-16-13-7-11(14(19)20-2)12(15)9-17-13/h7,9-10H,3-6,8,15H2,1-2H3,(H,16,17). The van der Waals surface area contributed by atoms with Crippen molar-refractivity contribution in [3.63, 3.8) is 0 Å². The number of ether oxygens (including phenoxy) is 1. The van der Waals surface area contributed by atoms with Gasteiger partial charge in [0.25, 0.3) is 0 Å². The van der Waals surface area contributed by atoms with Gasteiger partial charge in [0.05, 0.1) is 24.6 Å². The van der Waals surface area contributed by atoms with Gasteiger partial charge in [0, 0.05) is 12.6 Å². The Kier molecular flexibility index (Phi) is 4.79. The zero-order chi connectivity index (χ0) is 14.5. The lowest BCUT2D eigenvalue weighted by atomic mass is 10.2. The summed E-state index contributed by atoms with van der Waals surface area (Å²) in [6.45, 7) is 5.30. The van der Waals surface area contributed by atoms with Crippen molar-refractivity contribution < 1.29 is 9.53 Å². The van der Waals surface area contributed by atoms with Crippen molar-refractivity contribution in [2.45, 2.75) is 25.8 Å². The Morgan fingerprint density at radius 1 is 1.55 bits per heavy atom. The van der Waals surface area contributed by atoms with E-state index in [9.17, 15) is 4.79 Å². The van der Waals surface area contributed by atoms with E-state index in [0.29, 0.717) is 23.1 Å². The number of hydrogen-bond acceptors (Lipinski definition) is 6. The molecule has 1 aliphatic rings. The third kappa shape index (κ3) is 3.39. The smallest absolute Gasteiger partial charge is 0.340 e. The predicted molar refractivity (Wildman–Crippen MR) is 78.7 cm³/mol. The van der Waals surface area contributed by atoms with Crippen LogP contribution in [0.15, 0.2) is 12.3 Å². The second-order valence-electron chi connectivity index (χ2n) is 5.12. The Labute approximate surface area is 119 Å². The van der Waals surface area contributed by atoms with Crippen LogP contribution < -0.4 is 11.1 Å². The van der Waals surface area contributed by atoms with Gasteiger partial charge in [-0.3, -0.25) is 4.90 Å². The van der Waals surface area contributed by atoms with Crippen LogP contribution in [-0.2, 0) is 4.74 Å². The van der Waals surface area contributed by atoms with E-state index < -0.39 is 5.97 Å². The van der Waals surface area contributed by atoms with Crippen molar-refractivity contribution in [3.8, 4) is 0 Å². The first-order valence-corrected chi connectivity index (χ1v) is 6.93. The van der Waals surface area contributed by atoms with Crippen LogP contribution in [0, 0.1) is 0 Å². The summed E-state index contributed by atoms with van der Waals surface area (Å²) >= 11 is 0. The topological polar surface area (TPSA) is 80.5 Å². The molecule has 1 unspecified atom stereocenters. The van der Waals surface area contributed by atoms with E-state index in [1.807, 2.05) is 0 Å². The van der Waals surface area contributed by atoms with Gasteiger partial charge < -0.3 is 15.8 Å². The number of carbonyl (C=O) groups is 1. The van der Waals surface area contributed by atoms with Crippen LogP contribution >= 0.6 is 0 Å². The van der Waals surface area contributed by atoms with Crippen LogP contribution in [0.2, 0.25) is 0 Å². The molecular weight excluding hydrogens is 256 g/mol. The number of esters is 1. The molecule has 0 aromatic carbocycles. The average molecular weight is 278 g/mol. The molecule has 3 N–H and O–H groups in total. The van der Waals surface area contributed by atoms with Gasteiger partial charge in [-0.15, -0.1) is 0 Å². The van der Waals surface area contributed by atoms with Crippen molar-refractivity contribution in [2.24, 2.45) is 0 Å². The van der Waals surface area contributed by atoms with Gasteiger partial charge in [-0.05, 0) is 38.9 Å². The minimum absolute atomic E-state index is 0.329. The lowest BCUT2D eigenvalue weighted by molar-refractivity contribution is 0.0602. The van der Waals surface area contributed by atoms with E-state index >= 15 is 0 Å². The maximum atomic E-state index is 11.6. The fourth-order valence-electron chi connectivity index (χ4n) is 2.41. The quantitative estimate of drug-likeness (QED) is 0.791. The van der Waals surface area contributed by atoms with E-state index in [4.69, 9.17) is 10.5 Å². The maximum absolute atomic E-state index is 11.6. The predicted octanol–water partition coefficient (Wildman–Crippen LogP) is 1.35. The summed E-state index contributed by atoms with van der Waals surface area (Å²) in [5, 5.41) is 3.25. The van der Waals surface area contributed by atoms with Crippen LogP contribution in [0.25, 0.3) is 0 Å². The maximum Gasteiger partial charge on any atom is 0.340 e. The highest BCUT2D eigenvalue weighted by Gasteiger charge is 2.18. The molecule has 1 aromatic heterocycles. The number of carbonyl (C=O) groups excluding carboxylic acids is 1. The summed E-state index contributed by atoms with van der Waals surface area (Å²) in [5.41, 5.74) is 6.40. The Morgan fingerprint density at radius 3 is 2.90 bits per heavy atom. The van der Waals surface area contributed by atoms with Crippen LogP contribution in [0.1, 0.15) is 30.1 Å². The molecule has 2 rings (SSSR count). The Balaban J connectivity index is 1.97. The summed E-state index contributed by atoms with van der Waals surface area (Å²) in [7, 11) is 1.34. The number of nitrogens with two attached hydrogens (primary N) is 1. The van der Waals surface area contributed by atoms with E-state index in [0.717, 1.165) is 19.6 Å². The molecule has 0 saturated carbocycles. The van der Waals surface area contributed by atoms with E-state index in [1.54, 1.807) is 6.07 Å². The number of nitrogens with zero attached hydrogens (tertiary/aromatic N) is 2. The zero-order valence-corrected chi connectivity index (χ0v) is 12.1. The number of nitrogens with one attached hydrogen (secondary N) is 1. The molecule has 2 heterocycles. The first-order chi connectivity index (χ1) is 9.61. The van der Waals surface area contributed by atoms with Crippen LogP contribution in [0.3, 0.4) is 0 Å². The molecule has 6 heteroatoms. The molecule has 1 fully saturated rings. The summed E-state index contributed by atoms with van der Waals surface area (Å²) in [5.74, 6) is 0.200. The van der Waals surface area contributed by atoms with E-state index in [2.05, 4.69) is 22.1 Å². The molecular formula is C14H22N4O2. The molecule has 20 heavy (non-hydrogen) atoms. The molecule has 0 bridgehead atoms. The van der Waals surface area contributed by atoms with Gasteiger partial charge in [-0.2, -0.15) is 0 Å². The average Bonchev–Trinajstić information content (AvgIpc) is 2.99. The van der Waals surface area contributed by atoms with Crippen molar-refractivity contribution in [3.05, 3.63) is 17.8 Å². The number of methoxy groups -OCH3 is 1. The highest BCUT2D eigenvalue weighted by molar-refractivity contribution is 5.95. The Bertz CT molecular complexity index is 472. The molecule has 0 spiro atoms. The first kappa shape index (κ1) is 14.6. The van der Waals surface area contributed by atoms with Crippen LogP contribution in [0.4, 0.5) is 11.5 Å². The van der Waals surface area contributed by atoms with Crippen LogP contribution in [0.5, 0.6) is 0 Å². The number of pyridine rings is 1. The van der Waals surface area contributed by atoms with Gasteiger partial charge in [0.2, 0.25) is 0 Å². The minimum atomic E-state index is -0.444. The van der Waals surface area contributed by atoms with Gasteiger partial charge in [-0.25, -0.2) is 9.78 Å². The number of aromatic nitrogens is 1. The number of rotatable bonds is 5. The van der Waals surface area contributed by atoms with Gasteiger partial charge in [0.1, 0.15) is 5.82 Å². The zero-order valence-electron chi connectivity index (χ0n) is 12.1. The second-order valence-corrected chi connectivity index (χ2v) is 5.12. The van der Waals surface area contributed by atoms with Crippen molar-refractivity contribution in [1.29, 1.82) is 0 Å². The minimum Gasteiger partial charge on any atom is -0.465 e. The van der Waals surface area contributed by atoms with Crippen molar-refractivity contribution in [1.82, 2.24) is 9.88 Å². The fraction of sp³-hybridized carbons (Fsp3) is 0.571. The number of hydrogen-bond donors (Lipinski definition) is 2. The molecule has 0 aliphatic carbocycles. The number of likely N-dealkylation sites (tertiary alicyclic amines) is 1. The SMILES string of the molecule is COC(=O)c1cc(NCC(C)N2CCCC2)ncc1N. The largest absolute Gasteiger partial charge is 0.465 e. The normalized spacial score (nSPS) is 16.9. The van der Waals surface area contributed by atoms with Crippen molar-refractivity contribution >= 4 is 17.5 Å². The van der Waals surface area contributed by atoms with Gasteiger partial charge in [0.15, 0.2) is 0 Å². The third-order valence-corrected chi connectivity index (χ3v) is 3.68. The molecule has 1 aliphatic heterocycles. The third-order valence-electron chi connectivity index (χ3n) is 3.68. The molecule has 110 valence electrons. The lowest BCUT2D eigenvalue weighted by Gasteiger charge is -2.24. The highest BCUT2D eigenvalue weighted by atomic mass is 16.5. The summed E-state index contributed by atoms with van der Waals surface area (Å²) < 4.78 is 4.70. The Hall–Kier alpha value is -1.82. The van der Waals surface area contributed by atoms with E-state index in [-0.39, 0.29) is 0 Å². The van der Waals surface area contributed by atoms with Crippen LogP contribution in [-0.4, -0.2) is 48.6 Å². The number of nitrogen functional groups attached to an aromatic ring is 1. The molecule has 0 amide bonds. The highest BCUT2D eigenvalue weighted by Crippen LogP contribution is 2.17. The van der Waals surface area contributed by atoms with Crippen molar-refractivity contribution in [2.75, 3.05) is 37.8 Å². The van der Waals surface area contributed by atoms with Gasteiger partial charge in [-0.1, -0.05) is 0 Å². The first-order valence-electron chi connectivity index (χ1n) is 6.93. The summed E-state index contributed by atoms with van der Waals surface area (Å²) in [4.78, 5) is 18.2. The fourth-order valence-corrected chi connectivity index (χ4v) is 2.41. The molecule has 1 saturated heterocycles. The summed E-state index contributed by atoms with van der Waals surface area (Å²) in [6, 6.07) is 2.08. The lowest BCUT2D eigenvalue weighted by Crippen LogP contribution is -2.35. The second kappa shape index (κ2) is 6.56. The van der Waals surface area contributed by atoms with E-state index in [1.165, 1.54) is 26.1 Å².